The summed E-state index contributed by atoms with van der Waals surface area (Å²) in [6.07, 6.45) is 0. The van der Waals surface area contributed by atoms with Crippen molar-refractivity contribution in [2.45, 2.75) is 19.9 Å². The molecule has 0 radical (unpaired) electrons. The lowest BCUT2D eigenvalue weighted by Gasteiger charge is -2.36. The standard InChI is InChI=1S/C10H17N3O2/c1-7(2)5-12-3-4-13-8(6-12)9(14)11-10(13)15/h7-8H,3-6H2,1-2H3,(H,11,14,15). The summed E-state index contributed by atoms with van der Waals surface area (Å²) in [4.78, 5) is 26.7. The van der Waals surface area contributed by atoms with Crippen molar-refractivity contribution in [3.63, 3.8) is 0 Å². The molecule has 2 rings (SSSR count). The van der Waals surface area contributed by atoms with Crippen molar-refractivity contribution in [1.82, 2.24) is 15.1 Å². The maximum absolute atomic E-state index is 11.4. The molecule has 2 fully saturated rings. The largest absolute Gasteiger partial charge is 0.324 e. The summed E-state index contributed by atoms with van der Waals surface area (Å²) in [5.41, 5.74) is 0. The Balaban J connectivity index is 1.99. The van der Waals surface area contributed by atoms with Crippen LogP contribution in [0.2, 0.25) is 0 Å². The van der Waals surface area contributed by atoms with Gasteiger partial charge in [-0.25, -0.2) is 4.79 Å². The fraction of sp³-hybridized carbons (Fsp3) is 0.800. The zero-order chi connectivity index (χ0) is 11.0. The number of hydrogen-bond acceptors (Lipinski definition) is 3. The molecule has 84 valence electrons. The Morgan fingerprint density at radius 2 is 2.13 bits per heavy atom. The number of fused-ring (bicyclic) bond motifs is 1. The van der Waals surface area contributed by atoms with Crippen LogP contribution in [0, 0.1) is 5.92 Å². The van der Waals surface area contributed by atoms with Crippen LogP contribution < -0.4 is 5.32 Å². The lowest BCUT2D eigenvalue weighted by atomic mass is 10.1. The van der Waals surface area contributed by atoms with Gasteiger partial charge in [-0.15, -0.1) is 0 Å². The molecule has 0 saturated carbocycles. The summed E-state index contributed by atoms with van der Waals surface area (Å²) in [6, 6.07) is -0.487. The van der Waals surface area contributed by atoms with Gasteiger partial charge in [0.15, 0.2) is 0 Å². The molecule has 2 aliphatic heterocycles. The first kappa shape index (κ1) is 10.4. The van der Waals surface area contributed by atoms with Gasteiger partial charge in [-0.05, 0) is 5.92 Å². The molecule has 5 heteroatoms. The van der Waals surface area contributed by atoms with E-state index in [9.17, 15) is 9.59 Å². The van der Waals surface area contributed by atoms with Crippen LogP contribution in [0.25, 0.3) is 0 Å². The van der Waals surface area contributed by atoms with E-state index in [1.165, 1.54) is 0 Å². The van der Waals surface area contributed by atoms with Gasteiger partial charge in [0.25, 0.3) is 5.91 Å². The van der Waals surface area contributed by atoms with Crippen molar-refractivity contribution in [3.05, 3.63) is 0 Å². The Labute approximate surface area is 89.4 Å². The maximum atomic E-state index is 11.4. The first-order valence-corrected chi connectivity index (χ1v) is 5.41. The van der Waals surface area contributed by atoms with Crippen molar-refractivity contribution in [1.29, 1.82) is 0 Å². The minimum absolute atomic E-state index is 0.145. The third-order valence-electron chi connectivity index (χ3n) is 2.88. The number of nitrogens with zero attached hydrogens (tertiary/aromatic N) is 2. The number of piperazine rings is 1. The van der Waals surface area contributed by atoms with Crippen LogP contribution in [0.15, 0.2) is 0 Å². The molecule has 1 unspecified atom stereocenters. The summed E-state index contributed by atoms with van der Waals surface area (Å²) in [7, 11) is 0. The summed E-state index contributed by atoms with van der Waals surface area (Å²) >= 11 is 0. The van der Waals surface area contributed by atoms with Gasteiger partial charge in [-0.3, -0.25) is 15.0 Å². The van der Waals surface area contributed by atoms with Crippen molar-refractivity contribution in [3.8, 4) is 0 Å². The van der Waals surface area contributed by atoms with Crippen LogP contribution in [0.1, 0.15) is 13.8 Å². The molecule has 0 aliphatic carbocycles. The van der Waals surface area contributed by atoms with E-state index in [1.807, 2.05) is 0 Å². The summed E-state index contributed by atoms with van der Waals surface area (Å²) < 4.78 is 0. The highest BCUT2D eigenvalue weighted by Crippen LogP contribution is 2.15. The van der Waals surface area contributed by atoms with Gasteiger partial charge in [-0.2, -0.15) is 0 Å². The van der Waals surface area contributed by atoms with E-state index in [0.717, 1.165) is 13.1 Å². The number of nitrogens with one attached hydrogen (secondary N) is 1. The molecule has 0 bridgehead atoms. The quantitative estimate of drug-likeness (QED) is 0.648. The average molecular weight is 211 g/mol. The number of rotatable bonds is 2. The Hall–Kier alpha value is -1.10. The molecule has 1 atom stereocenters. The average Bonchev–Trinajstić information content (AvgIpc) is 2.41. The molecule has 0 aromatic rings. The second-order valence-corrected chi connectivity index (χ2v) is 4.66. The van der Waals surface area contributed by atoms with E-state index >= 15 is 0 Å². The number of imide groups is 1. The smallest absolute Gasteiger partial charge is 0.310 e. The number of amides is 3. The van der Waals surface area contributed by atoms with E-state index in [4.69, 9.17) is 0 Å². The van der Waals surface area contributed by atoms with Crippen molar-refractivity contribution in [2.24, 2.45) is 5.92 Å². The lowest BCUT2D eigenvalue weighted by Crippen LogP contribution is -2.53. The molecular formula is C10H17N3O2. The summed E-state index contributed by atoms with van der Waals surface area (Å²) in [6.45, 7) is 7.52. The second kappa shape index (κ2) is 3.81. The fourth-order valence-corrected chi connectivity index (χ4v) is 2.25. The first-order chi connectivity index (χ1) is 7.08. The van der Waals surface area contributed by atoms with Gasteiger partial charge in [0.05, 0.1) is 0 Å². The van der Waals surface area contributed by atoms with Gasteiger partial charge in [0.1, 0.15) is 6.04 Å². The molecule has 0 aromatic heterocycles. The zero-order valence-corrected chi connectivity index (χ0v) is 9.19. The van der Waals surface area contributed by atoms with Crippen LogP contribution in [0.5, 0.6) is 0 Å². The van der Waals surface area contributed by atoms with Crippen LogP contribution in [-0.2, 0) is 4.79 Å². The molecule has 2 heterocycles. The monoisotopic (exact) mass is 211 g/mol. The second-order valence-electron chi connectivity index (χ2n) is 4.66. The topological polar surface area (TPSA) is 52.6 Å². The fourth-order valence-electron chi connectivity index (χ4n) is 2.25. The molecular weight excluding hydrogens is 194 g/mol. The Bertz CT molecular complexity index is 290. The summed E-state index contributed by atoms with van der Waals surface area (Å²) in [5.74, 6) is 0.449. The first-order valence-electron chi connectivity index (χ1n) is 5.41. The Morgan fingerprint density at radius 1 is 1.40 bits per heavy atom. The normalized spacial score (nSPS) is 27.1. The number of urea groups is 1. The van der Waals surface area contributed by atoms with Gasteiger partial charge < -0.3 is 4.90 Å². The van der Waals surface area contributed by atoms with Crippen LogP contribution in [0.3, 0.4) is 0 Å². The lowest BCUT2D eigenvalue weighted by molar-refractivity contribution is -0.122. The highest BCUT2D eigenvalue weighted by molar-refractivity contribution is 6.04. The highest BCUT2D eigenvalue weighted by atomic mass is 16.2. The van der Waals surface area contributed by atoms with E-state index in [-0.39, 0.29) is 18.0 Å². The van der Waals surface area contributed by atoms with Crippen molar-refractivity contribution < 1.29 is 9.59 Å². The van der Waals surface area contributed by atoms with Crippen LogP contribution >= 0.6 is 0 Å². The molecule has 15 heavy (non-hydrogen) atoms. The minimum Gasteiger partial charge on any atom is -0.310 e. The maximum Gasteiger partial charge on any atom is 0.324 e. The van der Waals surface area contributed by atoms with Gasteiger partial charge in [-0.1, -0.05) is 13.8 Å². The molecule has 0 aromatic carbocycles. The van der Waals surface area contributed by atoms with Crippen molar-refractivity contribution >= 4 is 11.9 Å². The molecule has 5 nitrogen and oxygen atoms in total. The van der Waals surface area contributed by atoms with Crippen LogP contribution in [-0.4, -0.2) is 54.0 Å². The summed E-state index contributed by atoms with van der Waals surface area (Å²) in [5, 5.41) is 2.35. The number of hydrogen-bond donors (Lipinski definition) is 1. The molecule has 3 amide bonds. The van der Waals surface area contributed by atoms with E-state index in [1.54, 1.807) is 4.90 Å². The van der Waals surface area contributed by atoms with Crippen LogP contribution in [0.4, 0.5) is 4.79 Å². The molecule has 2 saturated heterocycles. The molecule has 0 spiro atoms. The van der Waals surface area contributed by atoms with E-state index in [0.29, 0.717) is 19.0 Å². The van der Waals surface area contributed by atoms with E-state index in [2.05, 4.69) is 24.1 Å². The SMILES string of the molecule is CC(C)CN1CCN2C(=O)NC(=O)C2C1. The molecule has 2 aliphatic rings. The Kier molecular flexibility index (Phi) is 2.65. The Morgan fingerprint density at radius 3 is 2.80 bits per heavy atom. The highest BCUT2D eigenvalue weighted by Gasteiger charge is 2.41. The predicted molar refractivity (Wildman–Crippen MR) is 55.3 cm³/mol. The number of carbonyl (C=O) groups excluding carboxylic acids is 2. The minimum atomic E-state index is -0.259. The zero-order valence-electron chi connectivity index (χ0n) is 9.19. The van der Waals surface area contributed by atoms with E-state index < -0.39 is 0 Å². The van der Waals surface area contributed by atoms with Crippen molar-refractivity contribution in [2.75, 3.05) is 26.2 Å². The third-order valence-corrected chi connectivity index (χ3v) is 2.88. The molecule has 1 N–H and O–H groups in total. The van der Waals surface area contributed by atoms with Gasteiger partial charge in [0, 0.05) is 26.2 Å². The van der Waals surface area contributed by atoms with Gasteiger partial charge in [0.2, 0.25) is 0 Å². The van der Waals surface area contributed by atoms with Gasteiger partial charge >= 0.3 is 6.03 Å². The number of carbonyl (C=O) groups is 2. The predicted octanol–water partition coefficient (Wildman–Crippen LogP) is -0.122. The third kappa shape index (κ3) is 1.97.